The van der Waals surface area contributed by atoms with Crippen molar-refractivity contribution in [3.05, 3.63) is 56.8 Å². The first-order valence-corrected chi connectivity index (χ1v) is 9.39. The van der Waals surface area contributed by atoms with Gasteiger partial charge in [0, 0.05) is 23.4 Å². The van der Waals surface area contributed by atoms with E-state index in [0.717, 1.165) is 21.5 Å². The number of benzene rings is 1. The third-order valence-electron chi connectivity index (χ3n) is 3.55. The van der Waals surface area contributed by atoms with Crippen molar-refractivity contribution in [3.8, 4) is 0 Å². The third kappa shape index (κ3) is 4.38. The van der Waals surface area contributed by atoms with E-state index in [9.17, 15) is 19.7 Å². The Morgan fingerprint density at radius 2 is 2.19 bits per heavy atom. The topological polar surface area (TPSA) is 131 Å². The number of amidine groups is 1. The van der Waals surface area contributed by atoms with E-state index in [-0.39, 0.29) is 23.0 Å². The lowest BCUT2D eigenvalue weighted by atomic mass is 10.2. The van der Waals surface area contributed by atoms with Gasteiger partial charge >= 0.3 is 0 Å². The number of carbonyl (C=O) groups excluding carboxylic acids is 2. The van der Waals surface area contributed by atoms with Crippen LogP contribution in [-0.4, -0.2) is 33.4 Å². The highest BCUT2D eigenvalue weighted by Gasteiger charge is 2.41. The molecule has 138 valence electrons. The number of nitro benzene ring substituents is 1. The number of hydrogen-bond donors (Lipinski definition) is 1. The minimum atomic E-state index is -0.752. The molecule has 0 spiro atoms. The third-order valence-corrected chi connectivity index (χ3v) is 5.33. The maximum Gasteiger partial charge on any atom is 0.271 e. The highest BCUT2D eigenvalue weighted by molar-refractivity contribution is 8.14. The van der Waals surface area contributed by atoms with Gasteiger partial charge in [-0.1, -0.05) is 23.9 Å². The first-order valence-electron chi connectivity index (χ1n) is 7.63. The number of rotatable bonds is 5. The molecular formula is C16H13N5O4S2. The van der Waals surface area contributed by atoms with Crippen LogP contribution < -0.4 is 10.6 Å². The molecule has 2 heterocycles. The Morgan fingerprint density at radius 3 is 2.89 bits per heavy atom. The van der Waals surface area contributed by atoms with Gasteiger partial charge in [-0.05, 0) is 17.5 Å². The van der Waals surface area contributed by atoms with Gasteiger partial charge in [0.25, 0.3) is 5.69 Å². The van der Waals surface area contributed by atoms with Crippen LogP contribution in [0.1, 0.15) is 11.3 Å². The van der Waals surface area contributed by atoms with Crippen molar-refractivity contribution >= 4 is 57.7 Å². The monoisotopic (exact) mass is 403 g/mol. The number of nitrogens with two attached hydrogens (primary N) is 1. The van der Waals surface area contributed by atoms with Gasteiger partial charge in [-0.15, -0.1) is 16.4 Å². The summed E-state index contributed by atoms with van der Waals surface area (Å²) in [5, 5.41) is 19.8. The van der Waals surface area contributed by atoms with Gasteiger partial charge in [0.05, 0.1) is 16.8 Å². The minimum absolute atomic E-state index is 0.0508. The molecule has 1 fully saturated rings. The molecule has 0 aliphatic carbocycles. The average molecular weight is 403 g/mol. The van der Waals surface area contributed by atoms with Crippen LogP contribution in [0.5, 0.6) is 0 Å². The van der Waals surface area contributed by atoms with Crippen molar-refractivity contribution in [2.75, 3.05) is 4.90 Å². The SMILES string of the molecule is N/C(=N\N=C\c1cccs1)SC1CC(=O)N(c2cccc([N+](=O)[O-])c2)C1=O. The summed E-state index contributed by atoms with van der Waals surface area (Å²) in [5.41, 5.74) is 5.74. The van der Waals surface area contributed by atoms with E-state index in [1.165, 1.54) is 41.8 Å². The van der Waals surface area contributed by atoms with Gasteiger partial charge in [-0.3, -0.25) is 19.7 Å². The molecule has 9 nitrogen and oxygen atoms in total. The molecule has 11 heteroatoms. The maximum absolute atomic E-state index is 12.6. The molecule has 1 aromatic heterocycles. The Kier molecular flexibility index (Phi) is 5.62. The van der Waals surface area contributed by atoms with Gasteiger partial charge in [0.15, 0.2) is 5.17 Å². The van der Waals surface area contributed by atoms with Crippen LogP contribution in [0.4, 0.5) is 11.4 Å². The predicted octanol–water partition coefficient (Wildman–Crippen LogP) is 2.37. The van der Waals surface area contributed by atoms with Gasteiger partial charge in [-0.25, -0.2) is 4.90 Å². The van der Waals surface area contributed by atoms with Gasteiger partial charge in [0.1, 0.15) is 5.25 Å². The lowest BCUT2D eigenvalue weighted by Crippen LogP contribution is -2.31. The summed E-state index contributed by atoms with van der Waals surface area (Å²) >= 11 is 2.43. The fourth-order valence-electron chi connectivity index (χ4n) is 2.39. The molecular weight excluding hydrogens is 390 g/mol. The largest absolute Gasteiger partial charge is 0.377 e. The number of nitrogens with zero attached hydrogens (tertiary/aromatic N) is 4. The number of thioether (sulfide) groups is 1. The molecule has 0 bridgehead atoms. The van der Waals surface area contributed by atoms with E-state index in [1.807, 2.05) is 17.5 Å². The molecule has 1 saturated heterocycles. The summed E-state index contributed by atoms with van der Waals surface area (Å²) in [7, 11) is 0. The van der Waals surface area contributed by atoms with Crippen molar-refractivity contribution < 1.29 is 14.5 Å². The summed E-state index contributed by atoms with van der Waals surface area (Å²) in [6.07, 6.45) is 1.46. The first kappa shape index (κ1) is 18.7. The fourth-order valence-corrected chi connectivity index (χ4v) is 3.79. The van der Waals surface area contributed by atoms with Crippen LogP contribution >= 0.6 is 23.1 Å². The van der Waals surface area contributed by atoms with Crippen LogP contribution in [-0.2, 0) is 9.59 Å². The van der Waals surface area contributed by atoms with Crippen molar-refractivity contribution in [2.45, 2.75) is 11.7 Å². The highest BCUT2D eigenvalue weighted by atomic mass is 32.2. The van der Waals surface area contributed by atoms with E-state index in [1.54, 1.807) is 0 Å². The summed E-state index contributed by atoms with van der Waals surface area (Å²) in [4.78, 5) is 37.0. The molecule has 1 aliphatic heterocycles. The second kappa shape index (κ2) is 8.10. The number of hydrogen-bond acceptors (Lipinski definition) is 8. The van der Waals surface area contributed by atoms with Crippen molar-refractivity contribution in [2.24, 2.45) is 15.9 Å². The molecule has 1 unspecified atom stereocenters. The molecule has 2 N–H and O–H groups in total. The van der Waals surface area contributed by atoms with Crippen LogP contribution in [0.2, 0.25) is 0 Å². The van der Waals surface area contributed by atoms with Crippen LogP contribution in [0.3, 0.4) is 0 Å². The minimum Gasteiger partial charge on any atom is -0.377 e. The average Bonchev–Trinajstić information content (AvgIpc) is 3.23. The zero-order valence-corrected chi connectivity index (χ0v) is 15.4. The number of anilines is 1. The first-order chi connectivity index (χ1) is 13.0. The Labute approximate surface area is 161 Å². The van der Waals surface area contributed by atoms with Crippen LogP contribution in [0.15, 0.2) is 52.0 Å². The van der Waals surface area contributed by atoms with Crippen molar-refractivity contribution in [3.63, 3.8) is 0 Å². The van der Waals surface area contributed by atoms with Crippen LogP contribution in [0, 0.1) is 10.1 Å². The summed E-state index contributed by atoms with van der Waals surface area (Å²) in [6.45, 7) is 0. The number of thiophene rings is 1. The van der Waals surface area contributed by atoms with E-state index in [0.29, 0.717) is 0 Å². The Bertz CT molecular complexity index is 942. The normalized spacial score (nSPS) is 17.9. The lowest BCUT2D eigenvalue weighted by Gasteiger charge is -2.14. The van der Waals surface area contributed by atoms with Gasteiger partial charge < -0.3 is 5.73 Å². The second-order valence-corrected chi connectivity index (χ2v) is 7.56. The summed E-state index contributed by atoms with van der Waals surface area (Å²) in [6, 6.07) is 9.10. The number of nitro groups is 1. The van der Waals surface area contributed by atoms with E-state index >= 15 is 0 Å². The molecule has 0 saturated carbocycles. The van der Waals surface area contributed by atoms with Gasteiger partial charge in [0.2, 0.25) is 11.8 Å². The lowest BCUT2D eigenvalue weighted by molar-refractivity contribution is -0.384. The number of carbonyl (C=O) groups is 2. The summed E-state index contributed by atoms with van der Waals surface area (Å²) in [5.74, 6) is -0.946. The zero-order valence-electron chi connectivity index (χ0n) is 13.7. The number of non-ortho nitro benzene ring substituents is 1. The molecule has 0 radical (unpaired) electrons. The fraction of sp³-hybridized carbons (Fsp3) is 0.125. The molecule has 27 heavy (non-hydrogen) atoms. The maximum atomic E-state index is 12.6. The molecule has 2 aromatic rings. The smallest absolute Gasteiger partial charge is 0.271 e. The molecule has 3 rings (SSSR count). The Morgan fingerprint density at radius 1 is 1.37 bits per heavy atom. The number of amides is 2. The molecule has 1 aliphatic rings. The quantitative estimate of drug-likeness (QED) is 0.268. The predicted molar refractivity (Wildman–Crippen MR) is 105 cm³/mol. The Balaban J connectivity index is 1.70. The van der Waals surface area contributed by atoms with Crippen molar-refractivity contribution in [1.29, 1.82) is 0 Å². The molecule has 2 amide bonds. The Hall–Kier alpha value is -3.05. The number of imide groups is 1. The van der Waals surface area contributed by atoms with E-state index < -0.39 is 22.0 Å². The summed E-state index contributed by atoms with van der Waals surface area (Å²) < 4.78 is 0. The standard InChI is InChI=1S/C16H13N5O4S2/c17-16(19-18-9-12-5-2-6-26-12)27-13-8-14(22)20(15(13)23)10-3-1-4-11(7-10)21(24)25/h1-7,9,13H,8H2,(H2,17,19)/b18-9+. The second-order valence-electron chi connectivity index (χ2n) is 5.35. The van der Waals surface area contributed by atoms with Crippen molar-refractivity contribution in [1.82, 2.24) is 0 Å². The van der Waals surface area contributed by atoms with E-state index in [4.69, 9.17) is 5.73 Å². The zero-order chi connectivity index (χ0) is 19.4. The molecule has 1 atom stereocenters. The van der Waals surface area contributed by atoms with Crippen LogP contribution in [0.25, 0.3) is 0 Å². The van der Waals surface area contributed by atoms with E-state index in [2.05, 4.69) is 10.2 Å². The molecule has 1 aromatic carbocycles. The highest BCUT2D eigenvalue weighted by Crippen LogP contribution is 2.31. The van der Waals surface area contributed by atoms with Gasteiger partial charge in [-0.2, -0.15) is 5.10 Å².